The van der Waals surface area contributed by atoms with E-state index in [1.54, 1.807) is 0 Å². The van der Waals surface area contributed by atoms with Crippen LogP contribution in [0.5, 0.6) is 0 Å². The number of nitrogens with zero attached hydrogens (tertiary/aromatic N) is 1. The summed E-state index contributed by atoms with van der Waals surface area (Å²) in [6, 6.07) is 15.1. The predicted molar refractivity (Wildman–Crippen MR) is 102 cm³/mol. The number of esters is 1. The summed E-state index contributed by atoms with van der Waals surface area (Å²) < 4.78 is 11.4. The van der Waals surface area contributed by atoms with E-state index in [4.69, 9.17) is 9.15 Å². The minimum atomic E-state index is -0.481. The first-order valence-electron chi connectivity index (χ1n) is 8.08. The van der Waals surface area contributed by atoms with Crippen molar-refractivity contribution in [3.05, 3.63) is 69.9 Å². The van der Waals surface area contributed by atoms with Crippen molar-refractivity contribution in [3.8, 4) is 0 Å². The molecule has 0 saturated heterocycles. The van der Waals surface area contributed by atoms with Gasteiger partial charge >= 0.3 is 5.97 Å². The standard InChI is InChI=1S/C20H18BrNO4/c1-13-16-10-15(21)8-9-17(16)26-19(13)20(24)22(12-18(23)25-2)11-14-6-4-3-5-7-14/h3-10H,11-12H2,1-2H3. The first kappa shape index (κ1) is 18.2. The lowest BCUT2D eigenvalue weighted by Crippen LogP contribution is -2.35. The van der Waals surface area contributed by atoms with E-state index < -0.39 is 5.97 Å². The minimum absolute atomic E-state index is 0.148. The molecule has 26 heavy (non-hydrogen) atoms. The van der Waals surface area contributed by atoms with E-state index in [-0.39, 0.29) is 24.8 Å². The SMILES string of the molecule is COC(=O)CN(Cc1ccccc1)C(=O)c1oc2ccc(Br)cc2c1C. The lowest BCUT2D eigenvalue weighted by Gasteiger charge is -2.20. The van der Waals surface area contributed by atoms with Gasteiger partial charge in [0, 0.05) is 22.0 Å². The van der Waals surface area contributed by atoms with Crippen molar-refractivity contribution in [3.63, 3.8) is 0 Å². The third-order valence-electron chi connectivity index (χ3n) is 4.14. The van der Waals surface area contributed by atoms with Gasteiger partial charge in [-0.1, -0.05) is 46.3 Å². The minimum Gasteiger partial charge on any atom is -0.468 e. The number of methoxy groups -OCH3 is 1. The van der Waals surface area contributed by atoms with E-state index in [1.165, 1.54) is 12.0 Å². The maximum absolute atomic E-state index is 13.1. The van der Waals surface area contributed by atoms with E-state index in [0.717, 1.165) is 21.0 Å². The average Bonchev–Trinajstić information content (AvgIpc) is 2.97. The Hall–Kier alpha value is -2.60. The Labute approximate surface area is 159 Å². The van der Waals surface area contributed by atoms with Gasteiger partial charge < -0.3 is 14.1 Å². The smallest absolute Gasteiger partial charge is 0.325 e. The highest BCUT2D eigenvalue weighted by Gasteiger charge is 2.25. The number of furan rings is 1. The van der Waals surface area contributed by atoms with Crippen LogP contribution >= 0.6 is 15.9 Å². The average molecular weight is 416 g/mol. The number of carbonyl (C=O) groups excluding carboxylic acids is 2. The summed E-state index contributed by atoms with van der Waals surface area (Å²) in [4.78, 5) is 26.3. The van der Waals surface area contributed by atoms with Gasteiger partial charge in [0.15, 0.2) is 5.76 Å². The van der Waals surface area contributed by atoms with E-state index in [1.807, 2.05) is 55.5 Å². The lowest BCUT2D eigenvalue weighted by molar-refractivity contribution is -0.141. The molecule has 0 aliphatic rings. The van der Waals surface area contributed by atoms with Crippen molar-refractivity contribution in [2.24, 2.45) is 0 Å². The molecular formula is C20H18BrNO4. The Balaban J connectivity index is 1.96. The highest BCUT2D eigenvalue weighted by Crippen LogP contribution is 2.29. The predicted octanol–water partition coefficient (Wildman–Crippen LogP) is 4.32. The zero-order valence-corrected chi connectivity index (χ0v) is 16.1. The number of hydrogen-bond donors (Lipinski definition) is 0. The Kier molecular flexibility index (Phi) is 5.42. The number of fused-ring (bicyclic) bond motifs is 1. The zero-order valence-electron chi connectivity index (χ0n) is 14.5. The second-order valence-corrected chi connectivity index (χ2v) is 6.84. The number of ether oxygens (including phenoxy) is 1. The molecule has 0 bridgehead atoms. The van der Waals surface area contributed by atoms with Crippen molar-refractivity contribution >= 4 is 38.8 Å². The molecule has 5 nitrogen and oxygen atoms in total. The van der Waals surface area contributed by atoms with Gasteiger partial charge in [0.25, 0.3) is 5.91 Å². The molecule has 0 radical (unpaired) electrons. The Morgan fingerprint density at radius 2 is 1.88 bits per heavy atom. The van der Waals surface area contributed by atoms with Crippen molar-refractivity contribution in [1.82, 2.24) is 4.90 Å². The number of halogens is 1. The van der Waals surface area contributed by atoms with Gasteiger partial charge in [0.05, 0.1) is 7.11 Å². The first-order valence-corrected chi connectivity index (χ1v) is 8.87. The summed E-state index contributed by atoms with van der Waals surface area (Å²) in [6.07, 6.45) is 0. The molecular weight excluding hydrogens is 398 g/mol. The highest BCUT2D eigenvalue weighted by molar-refractivity contribution is 9.10. The van der Waals surface area contributed by atoms with Crippen LogP contribution in [0.2, 0.25) is 0 Å². The summed E-state index contributed by atoms with van der Waals surface area (Å²) in [7, 11) is 1.30. The molecule has 1 heterocycles. The largest absolute Gasteiger partial charge is 0.468 e. The second kappa shape index (κ2) is 7.74. The fraction of sp³-hybridized carbons (Fsp3) is 0.200. The molecule has 0 fully saturated rings. The van der Waals surface area contributed by atoms with Crippen LogP contribution in [0.1, 0.15) is 21.7 Å². The monoisotopic (exact) mass is 415 g/mol. The van der Waals surface area contributed by atoms with Crippen LogP contribution in [0.25, 0.3) is 11.0 Å². The van der Waals surface area contributed by atoms with Crippen LogP contribution in [0.3, 0.4) is 0 Å². The summed E-state index contributed by atoms with van der Waals surface area (Å²) in [5, 5.41) is 0.862. The summed E-state index contributed by atoms with van der Waals surface area (Å²) in [5.74, 6) is -0.590. The number of aryl methyl sites for hydroxylation is 1. The van der Waals surface area contributed by atoms with Crippen LogP contribution in [0.15, 0.2) is 57.4 Å². The van der Waals surface area contributed by atoms with E-state index in [2.05, 4.69) is 15.9 Å². The quantitative estimate of drug-likeness (QED) is 0.582. The molecule has 3 aromatic rings. The summed E-state index contributed by atoms with van der Waals surface area (Å²) in [6.45, 7) is 1.98. The maximum atomic E-state index is 13.1. The Morgan fingerprint density at radius 1 is 1.15 bits per heavy atom. The van der Waals surface area contributed by atoms with E-state index in [9.17, 15) is 9.59 Å². The summed E-state index contributed by atoms with van der Waals surface area (Å²) in [5.41, 5.74) is 2.29. The van der Waals surface area contributed by atoms with Gasteiger partial charge in [-0.15, -0.1) is 0 Å². The van der Waals surface area contributed by atoms with Crippen LogP contribution in [-0.4, -0.2) is 30.4 Å². The molecule has 6 heteroatoms. The number of benzene rings is 2. The van der Waals surface area contributed by atoms with Crippen molar-refractivity contribution in [2.45, 2.75) is 13.5 Å². The molecule has 0 aliphatic heterocycles. The Bertz CT molecular complexity index is 949. The molecule has 0 spiro atoms. The van der Waals surface area contributed by atoms with Crippen LogP contribution in [0.4, 0.5) is 0 Å². The zero-order chi connectivity index (χ0) is 18.7. The van der Waals surface area contributed by atoms with Crippen LogP contribution < -0.4 is 0 Å². The van der Waals surface area contributed by atoms with Crippen LogP contribution in [-0.2, 0) is 16.1 Å². The molecule has 1 aromatic heterocycles. The molecule has 3 rings (SSSR count). The van der Waals surface area contributed by atoms with Crippen molar-refractivity contribution < 1.29 is 18.7 Å². The van der Waals surface area contributed by atoms with Crippen molar-refractivity contribution in [1.29, 1.82) is 0 Å². The van der Waals surface area contributed by atoms with Gasteiger partial charge in [-0.25, -0.2) is 0 Å². The fourth-order valence-corrected chi connectivity index (χ4v) is 3.13. The van der Waals surface area contributed by atoms with Gasteiger partial charge in [-0.3, -0.25) is 9.59 Å². The highest BCUT2D eigenvalue weighted by atomic mass is 79.9. The number of carbonyl (C=O) groups is 2. The molecule has 2 aromatic carbocycles. The molecule has 0 aliphatic carbocycles. The summed E-state index contributed by atoms with van der Waals surface area (Å²) >= 11 is 3.43. The fourth-order valence-electron chi connectivity index (χ4n) is 2.76. The van der Waals surface area contributed by atoms with Gasteiger partial charge in [-0.05, 0) is 30.7 Å². The Morgan fingerprint density at radius 3 is 2.58 bits per heavy atom. The number of rotatable bonds is 5. The molecule has 0 atom stereocenters. The van der Waals surface area contributed by atoms with Crippen molar-refractivity contribution in [2.75, 3.05) is 13.7 Å². The van der Waals surface area contributed by atoms with E-state index >= 15 is 0 Å². The third-order valence-corrected chi connectivity index (χ3v) is 4.64. The van der Waals surface area contributed by atoms with Gasteiger partial charge in [0.2, 0.25) is 0 Å². The molecule has 0 unspecified atom stereocenters. The normalized spacial score (nSPS) is 10.7. The molecule has 0 saturated carbocycles. The third kappa shape index (κ3) is 3.80. The van der Waals surface area contributed by atoms with Gasteiger partial charge in [-0.2, -0.15) is 0 Å². The van der Waals surface area contributed by atoms with E-state index in [0.29, 0.717) is 5.58 Å². The maximum Gasteiger partial charge on any atom is 0.325 e. The molecule has 134 valence electrons. The first-order chi connectivity index (χ1) is 12.5. The second-order valence-electron chi connectivity index (χ2n) is 5.92. The van der Waals surface area contributed by atoms with Gasteiger partial charge in [0.1, 0.15) is 12.1 Å². The number of amides is 1. The molecule has 0 N–H and O–H groups in total. The lowest BCUT2D eigenvalue weighted by atomic mass is 10.1. The number of hydrogen-bond acceptors (Lipinski definition) is 4. The molecule has 1 amide bonds. The topological polar surface area (TPSA) is 59.8 Å². The van der Waals surface area contributed by atoms with Crippen LogP contribution in [0, 0.1) is 6.92 Å².